The molecule has 5 heteroatoms. The highest BCUT2D eigenvalue weighted by Gasteiger charge is 2.06. The highest BCUT2D eigenvalue weighted by molar-refractivity contribution is 6.30. The van der Waals surface area contributed by atoms with E-state index >= 15 is 0 Å². The Kier molecular flexibility index (Phi) is 6.94. The molecule has 1 N–H and O–H groups in total. The van der Waals surface area contributed by atoms with Crippen molar-refractivity contribution in [3.63, 3.8) is 0 Å². The third-order valence-corrected chi connectivity index (χ3v) is 3.64. The first-order valence-corrected chi connectivity index (χ1v) is 8.38. The molecule has 0 saturated heterocycles. The largest absolute Gasteiger partial charge is 0.494 e. The Morgan fingerprint density at radius 1 is 1.12 bits per heavy atom. The van der Waals surface area contributed by atoms with Crippen LogP contribution in [0.1, 0.15) is 25.3 Å². The van der Waals surface area contributed by atoms with Crippen LogP contribution in [0.3, 0.4) is 0 Å². The van der Waals surface area contributed by atoms with E-state index in [9.17, 15) is 4.79 Å². The van der Waals surface area contributed by atoms with Crippen molar-refractivity contribution in [2.75, 3.05) is 18.5 Å². The number of ether oxygens (including phenoxy) is 2. The van der Waals surface area contributed by atoms with Crippen molar-refractivity contribution in [2.24, 2.45) is 0 Å². The summed E-state index contributed by atoms with van der Waals surface area (Å²) >= 11 is 5.89. The van der Waals surface area contributed by atoms with E-state index in [1.165, 1.54) is 0 Å². The van der Waals surface area contributed by atoms with E-state index in [1.807, 2.05) is 31.2 Å². The fourth-order valence-corrected chi connectivity index (χ4v) is 2.31. The van der Waals surface area contributed by atoms with Gasteiger partial charge in [0, 0.05) is 10.7 Å². The van der Waals surface area contributed by atoms with Crippen LogP contribution in [0.5, 0.6) is 11.5 Å². The van der Waals surface area contributed by atoms with Crippen molar-refractivity contribution in [2.45, 2.75) is 26.7 Å². The quantitative estimate of drug-likeness (QED) is 0.695. The van der Waals surface area contributed by atoms with E-state index in [2.05, 4.69) is 12.2 Å². The zero-order chi connectivity index (χ0) is 17.4. The maximum atomic E-state index is 12.0. The summed E-state index contributed by atoms with van der Waals surface area (Å²) in [6.07, 6.45) is 2.13. The van der Waals surface area contributed by atoms with Gasteiger partial charge in [-0.1, -0.05) is 24.9 Å². The van der Waals surface area contributed by atoms with Crippen LogP contribution in [0.15, 0.2) is 42.5 Å². The molecule has 4 nitrogen and oxygen atoms in total. The number of carbonyl (C=O) groups is 1. The number of carbonyl (C=O) groups excluding carboxylic acids is 1. The average Bonchev–Trinajstić information content (AvgIpc) is 2.56. The lowest BCUT2D eigenvalue weighted by molar-refractivity contribution is -0.118. The zero-order valence-electron chi connectivity index (χ0n) is 14.0. The fourth-order valence-electron chi connectivity index (χ4n) is 2.08. The van der Waals surface area contributed by atoms with Gasteiger partial charge in [0.25, 0.3) is 5.91 Å². The van der Waals surface area contributed by atoms with Crippen molar-refractivity contribution in [1.82, 2.24) is 0 Å². The lowest BCUT2D eigenvalue weighted by Gasteiger charge is -2.10. The monoisotopic (exact) mass is 347 g/mol. The van der Waals surface area contributed by atoms with Crippen LogP contribution in [-0.2, 0) is 4.79 Å². The SMILES string of the molecule is CCCCOc1ccc(NC(=O)COc2ccc(Cl)cc2C)cc1. The number of amides is 1. The Bertz CT molecular complexity index is 671. The fraction of sp³-hybridized carbons (Fsp3) is 0.316. The minimum atomic E-state index is -0.219. The van der Waals surface area contributed by atoms with Crippen LogP contribution in [-0.4, -0.2) is 19.1 Å². The number of benzene rings is 2. The lowest BCUT2D eigenvalue weighted by atomic mass is 10.2. The van der Waals surface area contributed by atoms with Gasteiger partial charge in [-0.3, -0.25) is 4.79 Å². The molecule has 0 spiro atoms. The van der Waals surface area contributed by atoms with Gasteiger partial charge in [0.2, 0.25) is 0 Å². The minimum absolute atomic E-state index is 0.0583. The molecule has 0 bridgehead atoms. The normalized spacial score (nSPS) is 10.3. The summed E-state index contributed by atoms with van der Waals surface area (Å²) in [5.41, 5.74) is 1.60. The van der Waals surface area contributed by atoms with Gasteiger partial charge in [0.1, 0.15) is 11.5 Å². The smallest absolute Gasteiger partial charge is 0.262 e. The predicted molar refractivity (Wildman–Crippen MR) is 97.2 cm³/mol. The second kappa shape index (κ2) is 9.18. The highest BCUT2D eigenvalue weighted by atomic mass is 35.5. The number of hydrogen-bond donors (Lipinski definition) is 1. The molecule has 2 aromatic carbocycles. The van der Waals surface area contributed by atoms with Crippen LogP contribution in [0.25, 0.3) is 0 Å². The van der Waals surface area contributed by atoms with Gasteiger partial charge in [0.15, 0.2) is 6.61 Å². The molecule has 24 heavy (non-hydrogen) atoms. The van der Waals surface area contributed by atoms with Gasteiger partial charge in [-0.2, -0.15) is 0 Å². The van der Waals surface area contributed by atoms with Crippen molar-refractivity contribution in [3.05, 3.63) is 53.1 Å². The molecule has 0 aliphatic rings. The first-order valence-electron chi connectivity index (χ1n) is 8.00. The highest BCUT2D eigenvalue weighted by Crippen LogP contribution is 2.22. The topological polar surface area (TPSA) is 47.6 Å². The predicted octanol–water partition coefficient (Wildman–Crippen LogP) is 4.84. The summed E-state index contributed by atoms with van der Waals surface area (Å²) in [7, 11) is 0. The molecular formula is C19H22ClNO3. The minimum Gasteiger partial charge on any atom is -0.494 e. The Hall–Kier alpha value is -2.20. The van der Waals surface area contributed by atoms with Gasteiger partial charge < -0.3 is 14.8 Å². The van der Waals surface area contributed by atoms with Gasteiger partial charge in [-0.15, -0.1) is 0 Å². The molecule has 0 atom stereocenters. The van der Waals surface area contributed by atoms with Gasteiger partial charge >= 0.3 is 0 Å². The van der Waals surface area contributed by atoms with Crippen LogP contribution in [0, 0.1) is 6.92 Å². The van der Waals surface area contributed by atoms with Crippen LogP contribution >= 0.6 is 11.6 Å². The second-order valence-electron chi connectivity index (χ2n) is 5.47. The summed E-state index contributed by atoms with van der Waals surface area (Å²) < 4.78 is 11.1. The first kappa shape index (κ1) is 18.1. The summed E-state index contributed by atoms with van der Waals surface area (Å²) in [6, 6.07) is 12.6. The Morgan fingerprint density at radius 3 is 2.54 bits per heavy atom. The van der Waals surface area contributed by atoms with E-state index < -0.39 is 0 Å². The molecule has 0 radical (unpaired) electrons. The van der Waals surface area contributed by atoms with E-state index in [-0.39, 0.29) is 12.5 Å². The molecule has 0 fully saturated rings. The third-order valence-electron chi connectivity index (χ3n) is 3.40. The average molecular weight is 348 g/mol. The maximum Gasteiger partial charge on any atom is 0.262 e. The van der Waals surface area contributed by atoms with E-state index in [4.69, 9.17) is 21.1 Å². The first-order chi connectivity index (χ1) is 11.6. The second-order valence-corrected chi connectivity index (χ2v) is 5.91. The molecular weight excluding hydrogens is 326 g/mol. The number of halogens is 1. The van der Waals surface area contributed by atoms with Gasteiger partial charge in [-0.05, 0) is 61.4 Å². The van der Waals surface area contributed by atoms with Crippen molar-refractivity contribution >= 4 is 23.2 Å². The Balaban J connectivity index is 1.81. The molecule has 0 heterocycles. The third kappa shape index (κ3) is 5.78. The van der Waals surface area contributed by atoms with Crippen LogP contribution < -0.4 is 14.8 Å². The molecule has 0 aromatic heterocycles. The number of unbranched alkanes of at least 4 members (excludes halogenated alkanes) is 1. The number of anilines is 1. The molecule has 128 valence electrons. The van der Waals surface area contributed by atoms with Crippen molar-refractivity contribution in [1.29, 1.82) is 0 Å². The Morgan fingerprint density at radius 2 is 1.88 bits per heavy atom. The standard InChI is InChI=1S/C19H22ClNO3/c1-3-4-11-23-17-8-6-16(7-9-17)21-19(22)13-24-18-10-5-15(20)12-14(18)2/h5-10,12H,3-4,11,13H2,1-2H3,(H,21,22). The molecule has 0 unspecified atom stereocenters. The van der Waals surface area contributed by atoms with Crippen molar-refractivity contribution < 1.29 is 14.3 Å². The van der Waals surface area contributed by atoms with Crippen molar-refractivity contribution in [3.8, 4) is 11.5 Å². The van der Waals surface area contributed by atoms with E-state index in [0.29, 0.717) is 23.1 Å². The number of hydrogen-bond acceptors (Lipinski definition) is 3. The van der Waals surface area contributed by atoms with E-state index in [0.717, 1.165) is 24.2 Å². The molecule has 0 aliphatic heterocycles. The van der Waals surface area contributed by atoms with Crippen LogP contribution in [0.2, 0.25) is 5.02 Å². The van der Waals surface area contributed by atoms with Gasteiger partial charge in [0.05, 0.1) is 6.61 Å². The summed E-state index contributed by atoms with van der Waals surface area (Å²) in [6.45, 7) is 4.65. The summed E-state index contributed by atoms with van der Waals surface area (Å²) in [5, 5.41) is 3.44. The molecule has 0 saturated carbocycles. The lowest BCUT2D eigenvalue weighted by Crippen LogP contribution is -2.20. The zero-order valence-corrected chi connectivity index (χ0v) is 14.7. The Labute approximate surface area is 147 Å². The van der Waals surface area contributed by atoms with Crippen LogP contribution in [0.4, 0.5) is 5.69 Å². The summed E-state index contributed by atoms with van der Waals surface area (Å²) in [5.74, 6) is 1.23. The number of aryl methyl sites for hydroxylation is 1. The summed E-state index contributed by atoms with van der Waals surface area (Å²) in [4.78, 5) is 12.0. The molecule has 0 aliphatic carbocycles. The maximum absolute atomic E-state index is 12.0. The van der Waals surface area contributed by atoms with E-state index in [1.54, 1.807) is 18.2 Å². The number of nitrogens with one attached hydrogen (secondary N) is 1. The molecule has 2 aromatic rings. The molecule has 2 rings (SSSR count). The van der Waals surface area contributed by atoms with Gasteiger partial charge in [-0.25, -0.2) is 0 Å². The molecule has 1 amide bonds. The number of rotatable bonds is 8.